The quantitative estimate of drug-likeness (QED) is 0.716. The van der Waals surface area contributed by atoms with Crippen LogP contribution in [0.3, 0.4) is 0 Å². The van der Waals surface area contributed by atoms with Gasteiger partial charge in [0.05, 0.1) is 24.2 Å². The second kappa shape index (κ2) is 6.72. The summed E-state index contributed by atoms with van der Waals surface area (Å²) in [5.74, 6) is -2.84. The number of halogens is 2. The molecule has 26 heavy (non-hydrogen) atoms. The molecular formula is C19H21F2N5. The van der Waals surface area contributed by atoms with E-state index in [0.29, 0.717) is 13.1 Å². The molecule has 0 radical (unpaired) electrons. The van der Waals surface area contributed by atoms with E-state index in [2.05, 4.69) is 15.1 Å². The SMILES string of the molecule is Cc1ccc(C(F)(F)CN2CCC(n3ncc4cncnc43)CC2)cc1. The van der Waals surface area contributed by atoms with Gasteiger partial charge in [-0.1, -0.05) is 29.8 Å². The van der Waals surface area contributed by atoms with Crippen molar-refractivity contribution in [2.45, 2.75) is 31.7 Å². The summed E-state index contributed by atoms with van der Waals surface area (Å²) in [4.78, 5) is 10.1. The van der Waals surface area contributed by atoms with Crippen LogP contribution in [0, 0.1) is 6.92 Å². The zero-order valence-corrected chi connectivity index (χ0v) is 14.6. The van der Waals surface area contributed by atoms with E-state index < -0.39 is 5.92 Å². The Balaban J connectivity index is 1.41. The number of nitrogens with zero attached hydrogens (tertiary/aromatic N) is 5. The van der Waals surface area contributed by atoms with Crippen molar-refractivity contribution in [1.82, 2.24) is 24.6 Å². The van der Waals surface area contributed by atoms with Crippen LogP contribution in [0.1, 0.15) is 30.0 Å². The zero-order chi connectivity index (χ0) is 18.1. The number of hydrogen-bond donors (Lipinski definition) is 0. The van der Waals surface area contributed by atoms with Crippen LogP contribution in [0.4, 0.5) is 8.78 Å². The first-order chi connectivity index (χ1) is 12.5. The van der Waals surface area contributed by atoms with Crippen LogP contribution in [-0.2, 0) is 5.92 Å². The van der Waals surface area contributed by atoms with Gasteiger partial charge in [-0.15, -0.1) is 0 Å². The first-order valence-electron chi connectivity index (χ1n) is 8.83. The van der Waals surface area contributed by atoms with Gasteiger partial charge in [0.15, 0.2) is 5.65 Å². The Bertz CT molecular complexity index is 882. The maximum Gasteiger partial charge on any atom is 0.285 e. The predicted molar refractivity (Wildman–Crippen MR) is 95.1 cm³/mol. The molecule has 0 saturated carbocycles. The summed E-state index contributed by atoms with van der Waals surface area (Å²) in [7, 11) is 0. The van der Waals surface area contributed by atoms with Crippen LogP contribution in [0.25, 0.3) is 11.0 Å². The number of aromatic nitrogens is 4. The number of hydrogen-bond acceptors (Lipinski definition) is 4. The number of fused-ring (bicyclic) bond motifs is 1. The van der Waals surface area contributed by atoms with Crippen LogP contribution < -0.4 is 0 Å². The van der Waals surface area contributed by atoms with E-state index in [1.807, 2.05) is 16.5 Å². The smallest absolute Gasteiger partial charge is 0.285 e. The van der Waals surface area contributed by atoms with Crippen LogP contribution in [0.5, 0.6) is 0 Å². The summed E-state index contributed by atoms with van der Waals surface area (Å²) in [6.45, 7) is 2.90. The summed E-state index contributed by atoms with van der Waals surface area (Å²) in [5.41, 5.74) is 1.88. The van der Waals surface area contributed by atoms with Crippen molar-refractivity contribution in [3.8, 4) is 0 Å². The number of rotatable bonds is 4. The molecule has 1 aromatic carbocycles. The maximum atomic E-state index is 14.6. The first-order valence-corrected chi connectivity index (χ1v) is 8.83. The van der Waals surface area contributed by atoms with Gasteiger partial charge in [0.1, 0.15) is 6.33 Å². The van der Waals surface area contributed by atoms with Crippen LogP contribution in [0.2, 0.25) is 0 Å². The fourth-order valence-electron chi connectivity index (χ4n) is 3.55. The van der Waals surface area contributed by atoms with Crippen molar-refractivity contribution in [1.29, 1.82) is 0 Å². The number of benzene rings is 1. The minimum atomic E-state index is -2.84. The van der Waals surface area contributed by atoms with E-state index >= 15 is 0 Å². The van der Waals surface area contributed by atoms with Gasteiger partial charge in [-0.2, -0.15) is 13.9 Å². The van der Waals surface area contributed by atoms with Crippen LogP contribution >= 0.6 is 0 Å². The number of alkyl halides is 2. The van der Waals surface area contributed by atoms with Gasteiger partial charge in [0, 0.05) is 24.8 Å². The summed E-state index contributed by atoms with van der Waals surface area (Å²) >= 11 is 0. The maximum absolute atomic E-state index is 14.6. The Morgan fingerprint density at radius 1 is 1.12 bits per heavy atom. The van der Waals surface area contributed by atoms with Crippen molar-refractivity contribution < 1.29 is 8.78 Å². The fourth-order valence-corrected chi connectivity index (χ4v) is 3.55. The Morgan fingerprint density at radius 2 is 1.85 bits per heavy atom. The van der Waals surface area contributed by atoms with Gasteiger partial charge >= 0.3 is 0 Å². The highest BCUT2D eigenvalue weighted by atomic mass is 19.3. The third-order valence-electron chi connectivity index (χ3n) is 5.06. The highest BCUT2D eigenvalue weighted by Gasteiger charge is 2.35. The Morgan fingerprint density at radius 3 is 2.58 bits per heavy atom. The third-order valence-corrected chi connectivity index (χ3v) is 5.06. The molecule has 4 rings (SSSR count). The highest BCUT2D eigenvalue weighted by Crippen LogP contribution is 2.32. The Kier molecular flexibility index (Phi) is 4.40. The lowest BCUT2D eigenvalue weighted by Gasteiger charge is -2.34. The second-order valence-corrected chi connectivity index (χ2v) is 6.97. The van der Waals surface area contributed by atoms with E-state index in [1.165, 1.54) is 18.5 Å². The Hall–Kier alpha value is -2.41. The number of aryl methyl sites for hydroxylation is 1. The Labute approximate surface area is 150 Å². The van der Waals surface area contributed by atoms with E-state index in [0.717, 1.165) is 29.4 Å². The summed E-state index contributed by atoms with van der Waals surface area (Å²) in [6, 6.07) is 6.71. The molecule has 1 aliphatic heterocycles. The van der Waals surface area contributed by atoms with Crippen molar-refractivity contribution in [3.05, 3.63) is 54.1 Å². The third kappa shape index (κ3) is 3.31. The van der Waals surface area contributed by atoms with Crippen LogP contribution in [-0.4, -0.2) is 44.3 Å². The average molecular weight is 357 g/mol. The van der Waals surface area contributed by atoms with Gasteiger partial charge in [-0.25, -0.2) is 14.6 Å². The van der Waals surface area contributed by atoms with E-state index in [-0.39, 0.29) is 18.2 Å². The van der Waals surface area contributed by atoms with Crippen LogP contribution in [0.15, 0.2) is 43.0 Å². The molecule has 0 aliphatic carbocycles. The van der Waals surface area contributed by atoms with Crippen molar-refractivity contribution in [3.63, 3.8) is 0 Å². The predicted octanol–water partition coefficient (Wildman–Crippen LogP) is 3.56. The molecule has 136 valence electrons. The molecule has 1 fully saturated rings. The minimum Gasteiger partial charge on any atom is -0.297 e. The second-order valence-electron chi connectivity index (χ2n) is 6.97. The van der Waals surface area contributed by atoms with Gasteiger partial charge < -0.3 is 0 Å². The summed E-state index contributed by atoms with van der Waals surface area (Å²) in [5, 5.41) is 5.33. The molecule has 5 nitrogen and oxygen atoms in total. The normalized spacial score (nSPS) is 17.0. The van der Waals surface area contributed by atoms with Crippen molar-refractivity contribution >= 4 is 11.0 Å². The van der Waals surface area contributed by atoms with E-state index in [1.54, 1.807) is 24.5 Å². The molecule has 2 aromatic heterocycles. The van der Waals surface area contributed by atoms with Gasteiger partial charge in [0.25, 0.3) is 5.92 Å². The highest BCUT2D eigenvalue weighted by molar-refractivity contribution is 5.72. The molecule has 0 bridgehead atoms. The fraction of sp³-hybridized carbons (Fsp3) is 0.421. The minimum absolute atomic E-state index is 0.0833. The number of piperidine rings is 1. The molecule has 0 unspecified atom stereocenters. The lowest BCUT2D eigenvalue weighted by atomic mass is 10.0. The van der Waals surface area contributed by atoms with E-state index in [9.17, 15) is 8.78 Å². The number of likely N-dealkylation sites (tertiary alicyclic amines) is 1. The molecule has 0 amide bonds. The lowest BCUT2D eigenvalue weighted by molar-refractivity contribution is -0.0442. The largest absolute Gasteiger partial charge is 0.297 e. The monoisotopic (exact) mass is 357 g/mol. The molecule has 7 heteroatoms. The average Bonchev–Trinajstić information content (AvgIpc) is 3.07. The van der Waals surface area contributed by atoms with Gasteiger partial charge in [-0.05, 0) is 19.8 Å². The molecule has 1 saturated heterocycles. The summed E-state index contributed by atoms with van der Waals surface area (Å²) < 4.78 is 31.1. The molecule has 0 N–H and O–H groups in total. The topological polar surface area (TPSA) is 46.8 Å². The molecule has 0 spiro atoms. The first kappa shape index (κ1) is 17.0. The standard InChI is InChI=1S/C19H21F2N5/c1-14-2-4-16(5-3-14)19(20,21)12-25-8-6-17(7-9-25)26-18-15(11-24-26)10-22-13-23-18/h2-5,10-11,13,17H,6-9,12H2,1H3. The van der Waals surface area contributed by atoms with Crippen molar-refractivity contribution in [2.75, 3.05) is 19.6 Å². The van der Waals surface area contributed by atoms with Gasteiger partial charge in [0.2, 0.25) is 0 Å². The molecular weight excluding hydrogens is 336 g/mol. The van der Waals surface area contributed by atoms with E-state index in [4.69, 9.17) is 0 Å². The van der Waals surface area contributed by atoms with Gasteiger partial charge in [-0.3, -0.25) is 4.90 Å². The molecule has 3 heterocycles. The molecule has 3 aromatic rings. The zero-order valence-electron chi connectivity index (χ0n) is 14.6. The molecule has 0 atom stereocenters. The van der Waals surface area contributed by atoms with Crippen molar-refractivity contribution in [2.24, 2.45) is 0 Å². The molecule has 1 aliphatic rings. The summed E-state index contributed by atoms with van der Waals surface area (Å²) in [6.07, 6.45) is 6.57. The lowest BCUT2D eigenvalue weighted by Crippen LogP contribution is -2.41.